The van der Waals surface area contributed by atoms with Crippen LogP contribution in [0.25, 0.3) is 0 Å². The fourth-order valence-corrected chi connectivity index (χ4v) is 1.32. The monoisotopic (exact) mass is 216 g/mol. The van der Waals surface area contributed by atoms with Gasteiger partial charge in [0.25, 0.3) is 0 Å². The van der Waals surface area contributed by atoms with Gasteiger partial charge in [-0.15, -0.1) is 0 Å². The predicted molar refractivity (Wildman–Crippen MR) is 61.9 cm³/mol. The fraction of sp³-hybridized carbons (Fsp3) is 0.909. The molecule has 0 radical (unpaired) electrons. The van der Waals surface area contributed by atoms with Crippen LogP contribution in [0.15, 0.2) is 0 Å². The second kappa shape index (κ2) is 8.68. The molecule has 0 saturated heterocycles. The normalized spacial score (nSPS) is 12.9. The summed E-state index contributed by atoms with van der Waals surface area (Å²) in [4.78, 5) is 13.5. The van der Waals surface area contributed by atoms with E-state index < -0.39 is 0 Å². The van der Waals surface area contributed by atoms with Crippen LogP contribution in [-0.4, -0.2) is 51.2 Å². The Balaban J connectivity index is 3.84. The van der Waals surface area contributed by atoms with E-state index in [-0.39, 0.29) is 12.0 Å². The molecule has 1 unspecified atom stereocenters. The van der Waals surface area contributed by atoms with E-state index in [0.717, 1.165) is 32.4 Å². The van der Waals surface area contributed by atoms with Gasteiger partial charge in [-0.05, 0) is 20.5 Å². The molecule has 0 aromatic carbocycles. The van der Waals surface area contributed by atoms with Crippen molar-refractivity contribution in [1.82, 2.24) is 10.2 Å². The first kappa shape index (κ1) is 14.4. The van der Waals surface area contributed by atoms with E-state index in [0.29, 0.717) is 0 Å². The molecule has 0 aromatic rings. The molecule has 0 aliphatic carbocycles. The third-order valence-corrected chi connectivity index (χ3v) is 2.28. The van der Waals surface area contributed by atoms with Crippen molar-refractivity contribution < 1.29 is 9.53 Å². The smallest absolute Gasteiger partial charge is 0.322 e. The minimum absolute atomic E-state index is 0.144. The van der Waals surface area contributed by atoms with Crippen molar-refractivity contribution in [2.24, 2.45) is 0 Å². The Morgan fingerprint density at radius 1 is 1.47 bits per heavy atom. The third-order valence-electron chi connectivity index (χ3n) is 2.28. The molecule has 4 heteroatoms. The van der Waals surface area contributed by atoms with Gasteiger partial charge in [-0.3, -0.25) is 4.79 Å². The molecule has 0 saturated carbocycles. The Labute approximate surface area is 93.0 Å². The molecule has 0 fully saturated rings. The number of hydrogen-bond acceptors (Lipinski definition) is 4. The zero-order valence-electron chi connectivity index (χ0n) is 10.4. The minimum atomic E-state index is -0.151. The van der Waals surface area contributed by atoms with E-state index in [1.807, 2.05) is 14.1 Å². The molecule has 4 nitrogen and oxygen atoms in total. The number of carbonyl (C=O) groups excluding carboxylic acids is 1. The summed E-state index contributed by atoms with van der Waals surface area (Å²) < 4.78 is 4.75. The molecule has 0 aromatic heterocycles. The Bertz CT molecular complexity index is 172. The minimum Gasteiger partial charge on any atom is -0.468 e. The van der Waals surface area contributed by atoms with Crippen LogP contribution in [-0.2, 0) is 9.53 Å². The zero-order chi connectivity index (χ0) is 11.7. The van der Waals surface area contributed by atoms with Crippen LogP contribution in [0.5, 0.6) is 0 Å². The summed E-state index contributed by atoms with van der Waals surface area (Å²) in [5, 5.41) is 3.22. The van der Waals surface area contributed by atoms with Crippen LogP contribution in [0.4, 0.5) is 0 Å². The molecule has 15 heavy (non-hydrogen) atoms. The molecule has 0 amide bonds. The third kappa shape index (κ3) is 7.33. The molecule has 1 N–H and O–H groups in total. The van der Waals surface area contributed by atoms with Crippen molar-refractivity contribution in [2.75, 3.05) is 34.3 Å². The number of methoxy groups -OCH3 is 1. The average Bonchev–Trinajstić information content (AvgIpc) is 2.21. The van der Waals surface area contributed by atoms with Crippen LogP contribution in [0.2, 0.25) is 0 Å². The van der Waals surface area contributed by atoms with Gasteiger partial charge in [-0.1, -0.05) is 19.8 Å². The van der Waals surface area contributed by atoms with E-state index >= 15 is 0 Å². The molecule has 0 bridgehead atoms. The summed E-state index contributed by atoms with van der Waals surface area (Å²) in [6.45, 7) is 3.87. The van der Waals surface area contributed by atoms with Gasteiger partial charge in [-0.25, -0.2) is 0 Å². The van der Waals surface area contributed by atoms with Gasteiger partial charge in [0.1, 0.15) is 6.04 Å². The van der Waals surface area contributed by atoms with Gasteiger partial charge in [0.15, 0.2) is 0 Å². The van der Waals surface area contributed by atoms with Crippen molar-refractivity contribution in [3.8, 4) is 0 Å². The van der Waals surface area contributed by atoms with Crippen LogP contribution in [0.1, 0.15) is 26.2 Å². The van der Waals surface area contributed by atoms with E-state index in [1.54, 1.807) is 0 Å². The van der Waals surface area contributed by atoms with Crippen LogP contribution in [0.3, 0.4) is 0 Å². The molecule has 0 aliphatic heterocycles. The first-order chi connectivity index (χ1) is 7.11. The van der Waals surface area contributed by atoms with Gasteiger partial charge in [0.2, 0.25) is 0 Å². The average molecular weight is 216 g/mol. The van der Waals surface area contributed by atoms with Gasteiger partial charge in [0.05, 0.1) is 7.11 Å². The maximum Gasteiger partial charge on any atom is 0.322 e. The Kier molecular flexibility index (Phi) is 8.33. The number of unbranched alkanes of at least 4 members (excludes halogenated alkanes) is 1. The standard InChI is InChI=1S/C11H24N2O2/c1-5-6-7-10(11(14)15-4)12-8-9-13(2)3/h10,12H,5-9H2,1-4H3. The van der Waals surface area contributed by atoms with Crippen LogP contribution >= 0.6 is 0 Å². The SMILES string of the molecule is CCCCC(NCCN(C)C)C(=O)OC. The Morgan fingerprint density at radius 3 is 2.60 bits per heavy atom. The molecule has 0 heterocycles. The van der Waals surface area contributed by atoms with E-state index in [4.69, 9.17) is 4.74 Å². The molecule has 90 valence electrons. The number of rotatable bonds is 8. The maximum atomic E-state index is 11.4. The molecule has 0 aliphatic rings. The highest BCUT2D eigenvalue weighted by atomic mass is 16.5. The topological polar surface area (TPSA) is 41.6 Å². The van der Waals surface area contributed by atoms with Crippen molar-refractivity contribution in [3.63, 3.8) is 0 Å². The number of carbonyl (C=O) groups is 1. The molecular weight excluding hydrogens is 192 g/mol. The molecular formula is C11H24N2O2. The van der Waals surface area contributed by atoms with E-state index in [1.165, 1.54) is 7.11 Å². The zero-order valence-corrected chi connectivity index (χ0v) is 10.4. The second-order valence-electron chi connectivity index (χ2n) is 3.98. The lowest BCUT2D eigenvalue weighted by atomic mass is 10.1. The summed E-state index contributed by atoms with van der Waals surface area (Å²) in [5.74, 6) is -0.151. The number of likely N-dealkylation sites (N-methyl/N-ethyl adjacent to an activating group) is 1. The highest BCUT2D eigenvalue weighted by Gasteiger charge is 2.17. The van der Waals surface area contributed by atoms with Gasteiger partial charge >= 0.3 is 5.97 Å². The lowest BCUT2D eigenvalue weighted by Crippen LogP contribution is -2.40. The lowest BCUT2D eigenvalue weighted by Gasteiger charge is -2.17. The number of ether oxygens (including phenoxy) is 1. The summed E-state index contributed by atoms with van der Waals surface area (Å²) in [6, 6.07) is -0.144. The number of nitrogens with zero attached hydrogens (tertiary/aromatic N) is 1. The highest BCUT2D eigenvalue weighted by Crippen LogP contribution is 2.02. The van der Waals surface area contributed by atoms with Crippen LogP contribution in [0, 0.1) is 0 Å². The maximum absolute atomic E-state index is 11.4. The van der Waals surface area contributed by atoms with Gasteiger partial charge < -0.3 is 15.0 Å². The quantitative estimate of drug-likeness (QED) is 0.611. The molecule has 0 spiro atoms. The number of hydrogen-bond donors (Lipinski definition) is 1. The van der Waals surface area contributed by atoms with Gasteiger partial charge in [-0.2, -0.15) is 0 Å². The predicted octanol–water partition coefficient (Wildman–Crippen LogP) is 0.869. The van der Waals surface area contributed by atoms with Crippen molar-refractivity contribution in [2.45, 2.75) is 32.2 Å². The summed E-state index contributed by atoms with van der Waals surface area (Å²) in [7, 11) is 5.47. The first-order valence-corrected chi connectivity index (χ1v) is 5.57. The van der Waals surface area contributed by atoms with E-state index in [9.17, 15) is 4.79 Å². The fourth-order valence-electron chi connectivity index (χ4n) is 1.32. The largest absolute Gasteiger partial charge is 0.468 e. The lowest BCUT2D eigenvalue weighted by molar-refractivity contribution is -0.143. The molecule has 1 atom stereocenters. The second-order valence-corrected chi connectivity index (χ2v) is 3.98. The summed E-state index contributed by atoms with van der Waals surface area (Å²) >= 11 is 0. The Morgan fingerprint density at radius 2 is 2.13 bits per heavy atom. The first-order valence-electron chi connectivity index (χ1n) is 5.57. The molecule has 0 rings (SSSR count). The van der Waals surface area contributed by atoms with Gasteiger partial charge in [0, 0.05) is 13.1 Å². The van der Waals surface area contributed by atoms with E-state index in [2.05, 4.69) is 17.1 Å². The van der Waals surface area contributed by atoms with Crippen molar-refractivity contribution in [3.05, 3.63) is 0 Å². The number of esters is 1. The van der Waals surface area contributed by atoms with Crippen molar-refractivity contribution >= 4 is 5.97 Å². The highest BCUT2D eigenvalue weighted by molar-refractivity contribution is 5.75. The Hall–Kier alpha value is -0.610. The van der Waals surface area contributed by atoms with Crippen molar-refractivity contribution in [1.29, 1.82) is 0 Å². The summed E-state index contributed by atoms with van der Waals surface area (Å²) in [6.07, 6.45) is 3.01. The van der Waals surface area contributed by atoms with Crippen LogP contribution < -0.4 is 5.32 Å². The summed E-state index contributed by atoms with van der Waals surface area (Å²) in [5.41, 5.74) is 0. The number of nitrogens with one attached hydrogen (secondary N) is 1.